The van der Waals surface area contributed by atoms with Crippen LogP contribution in [-0.2, 0) is 4.74 Å². The molecule has 0 aliphatic heterocycles. The first-order chi connectivity index (χ1) is 17.1. The van der Waals surface area contributed by atoms with Gasteiger partial charge in [-0.05, 0) is 59.2 Å². The minimum atomic E-state index is -0.596. The van der Waals surface area contributed by atoms with Gasteiger partial charge in [0.2, 0.25) is 5.82 Å². The van der Waals surface area contributed by atoms with Gasteiger partial charge in [0.1, 0.15) is 0 Å². The molecule has 8 nitrogen and oxygen atoms in total. The van der Waals surface area contributed by atoms with Crippen LogP contribution in [0, 0.1) is 5.41 Å². The number of allylic oxidation sites excluding steroid dienone is 2. The molecule has 0 saturated heterocycles. The zero-order valence-electron chi connectivity index (χ0n) is 21.3. The quantitative estimate of drug-likeness (QED) is 0.264. The normalized spacial score (nSPS) is 13.9. The Morgan fingerprint density at radius 2 is 1.86 bits per heavy atom. The van der Waals surface area contributed by atoms with Crippen molar-refractivity contribution < 1.29 is 14.1 Å². The molecule has 1 heterocycles. The standard InChI is InChI=1S/C28H33N5O3/c1-18-9-7-8-10-22(18)23(15-16-35-6)25-32-26(36-33-25)20-11-13-21(14-12-20)30-27(34)31-24(29)17-19(2)28(3,4)5/h7-17,24H,1,29H2,2-6H3,(H2,30,31,34)/b16-15?,19-17+,23-22+. The summed E-state index contributed by atoms with van der Waals surface area (Å²) in [5.41, 5.74) is 9.14. The van der Waals surface area contributed by atoms with Gasteiger partial charge in [-0.25, -0.2) is 4.79 Å². The fourth-order valence-corrected chi connectivity index (χ4v) is 3.23. The highest BCUT2D eigenvalue weighted by molar-refractivity contribution is 5.89. The first-order valence-corrected chi connectivity index (χ1v) is 11.5. The van der Waals surface area contributed by atoms with Crippen molar-refractivity contribution in [2.24, 2.45) is 11.1 Å². The number of methoxy groups -OCH3 is 1. The predicted molar refractivity (Wildman–Crippen MR) is 143 cm³/mol. The molecule has 0 aliphatic rings. The lowest BCUT2D eigenvalue weighted by Gasteiger charge is -2.21. The SMILES string of the molecule is C=c1cccc/c1=C(/C=COC)c1noc(-c2ccc(NC(=O)NC(N)/C=C(\C)C(C)(C)C)cc2)n1. The summed E-state index contributed by atoms with van der Waals surface area (Å²) in [6, 6.07) is 14.4. The van der Waals surface area contributed by atoms with Gasteiger partial charge in [0, 0.05) is 16.8 Å². The fraction of sp³-hybridized carbons (Fsp3) is 0.250. The second-order valence-electron chi connectivity index (χ2n) is 9.33. The van der Waals surface area contributed by atoms with Crippen LogP contribution in [0.5, 0.6) is 0 Å². The Morgan fingerprint density at radius 3 is 2.50 bits per heavy atom. The maximum absolute atomic E-state index is 12.3. The van der Waals surface area contributed by atoms with E-state index in [1.807, 2.05) is 37.3 Å². The zero-order chi connectivity index (χ0) is 26.3. The number of carbonyl (C=O) groups excluding carboxylic acids is 1. The highest BCUT2D eigenvalue weighted by Crippen LogP contribution is 2.24. The van der Waals surface area contributed by atoms with Crippen molar-refractivity contribution >= 4 is 23.9 Å². The fourth-order valence-electron chi connectivity index (χ4n) is 3.23. The van der Waals surface area contributed by atoms with E-state index in [1.165, 1.54) is 0 Å². The highest BCUT2D eigenvalue weighted by atomic mass is 16.5. The van der Waals surface area contributed by atoms with Crippen LogP contribution in [0.15, 0.2) is 77.0 Å². The van der Waals surface area contributed by atoms with E-state index >= 15 is 0 Å². The first kappa shape index (κ1) is 26.4. The van der Waals surface area contributed by atoms with Gasteiger partial charge >= 0.3 is 6.03 Å². The number of rotatable bonds is 7. The molecular weight excluding hydrogens is 454 g/mol. The van der Waals surface area contributed by atoms with Crippen molar-refractivity contribution in [3.63, 3.8) is 0 Å². The Morgan fingerprint density at radius 1 is 1.17 bits per heavy atom. The Hall–Kier alpha value is -4.17. The molecule has 0 spiro atoms. The number of ether oxygens (including phenoxy) is 1. The maximum Gasteiger partial charge on any atom is 0.320 e. The van der Waals surface area contributed by atoms with E-state index in [1.54, 1.807) is 43.7 Å². The van der Waals surface area contributed by atoms with Gasteiger partial charge < -0.3 is 25.6 Å². The monoisotopic (exact) mass is 487 g/mol. The molecule has 1 atom stereocenters. The number of anilines is 1. The second kappa shape index (κ2) is 11.5. The van der Waals surface area contributed by atoms with E-state index in [0.29, 0.717) is 23.0 Å². The van der Waals surface area contributed by atoms with E-state index in [-0.39, 0.29) is 5.41 Å². The van der Waals surface area contributed by atoms with Crippen LogP contribution in [0.3, 0.4) is 0 Å². The summed E-state index contributed by atoms with van der Waals surface area (Å²) in [4.78, 5) is 16.9. The average molecular weight is 488 g/mol. The minimum Gasteiger partial charge on any atom is -0.504 e. The minimum absolute atomic E-state index is 0.0182. The maximum atomic E-state index is 12.3. The van der Waals surface area contributed by atoms with E-state index < -0.39 is 12.2 Å². The molecule has 3 aromatic rings. The summed E-state index contributed by atoms with van der Waals surface area (Å²) in [5.74, 6) is 0.749. The number of benzene rings is 2. The van der Waals surface area contributed by atoms with Crippen molar-refractivity contribution in [3.8, 4) is 11.5 Å². The third-order valence-corrected chi connectivity index (χ3v) is 5.65. The van der Waals surface area contributed by atoms with Crippen LogP contribution in [0.2, 0.25) is 0 Å². The second-order valence-corrected chi connectivity index (χ2v) is 9.33. The van der Waals surface area contributed by atoms with Crippen molar-refractivity contribution in [1.82, 2.24) is 15.5 Å². The van der Waals surface area contributed by atoms with Crippen molar-refractivity contribution in [1.29, 1.82) is 0 Å². The van der Waals surface area contributed by atoms with E-state index in [9.17, 15) is 4.79 Å². The van der Waals surface area contributed by atoms with Crippen LogP contribution in [0.25, 0.3) is 23.6 Å². The number of carbonyl (C=O) groups is 1. The number of hydrogen-bond donors (Lipinski definition) is 3. The van der Waals surface area contributed by atoms with Crippen LogP contribution in [0.4, 0.5) is 10.5 Å². The zero-order valence-corrected chi connectivity index (χ0v) is 21.3. The molecule has 3 rings (SSSR count). The predicted octanol–water partition coefficient (Wildman–Crippen LogP) is 3.90. The molecule has 0 aliphatic carbocycles. The molecule has 188 valence electrons. The van der Waals surface area contributed by atoms with Crippen molar-refractivity contribution in [3.05, 3.63) is 88.8 Å². The smallest absolute Gasteiger partial charge is 0.320 e. The molecule has 1 aromatic heterocycles. The molecule has 8 heteroatoms. The van der Waals surface area contributed by atoms with Gasteiger partial charge in [-0.3, -0.25) is 0 Å². The Labute approximate surface area is 211 Å². The molecule has 36 heavy (non-hydrogen) atoms. The Kier molecular flexibility index (Phi) is 8.45. The summed E-state index contributed by atoms with van der Waals surface area (Å²) < 4.78 is 10.6. The van der Waals surface area contributed by atoms with Crippen LogP contribution in [0.1, 0.15) is 33.5 Å². The molecular formula is C28H33N5O3. The van der Waals surface area contributed by atoms with Crippen molar-refractivity contribution in [2.75, 3.05) is 12.4 Å². The molecule has 4 N–H and O–H groups in total. The average Bonchev–Trinajstić information content (AvgIpc) is 3.30. The number of urea groups is 1. The van der Waals surface area contributed by atoms with E-state index in [0.717, 1.165) is 21.6 Å². The number of hydrogen-bond acceptors (Lipinski definition) is 6. The first-order valence-electron chi connectivity index (χ1n) is 11.5. The summed E-state index contributed by atoms with van der Waals surface area (Å²) in [6.07, 6.45) is 4.57. The van der Waals surface area contributed by atoms with Gasteiger partial charge in [-0.2, -0.15) is 4.98 Å². The number of nitrogens with zero attached hydrogens (tertiary/aromatic N) is 2. The van der Waals surface area contributed by atoms with Crippen molar-refractivity contribution in [2.45, 2.75) is 33.9 Å². The molecule has 0 saturated carbocycles. The summed E-state index contributed by atoms with van der Waals surface area (Å²) >= 11 is 0. The van der Waals surface area contributed by atoms with Gasteiger partial charge in [-0.1, -0.05) is 62.3 Å². The lowest BCUT2D eigenvalue weighted by molar-refractivity contribution is 0.250. The largest absolute Gasteiger partial charge is 0.504 e. The van der Waals surface area contributed by atoms with Crippen LogP contribution in [-0.4, -0.2) is 29.4 Å². The molecule has 0 fully saturated rings. The molecule has 2 amide bonds. The number of amides is 2. The topological polar surface area (TPSA) is 115 Å². The summed E-state index contributed by atoms with van der Waals surface area (Å²) in [7, 11) is 1.57. The van der Waals surface area contributed by atoms with Gasteiger partial charge in [0.15, 0.2) is 0 Å². The Bertz CT molecular complexity index is 1370. The highest BCUT2D eigenvalue weighted by Gasteiger charge is 2.15. The van der Waals surface area contributed by atoms with Crippen LogP contribution >= 0.6 is 0 Å². The molecule has 2 aromatic carbocycles. The van der Waals surface area contributed by atoms with E-state index in [2.05, 4.69) is 48.1 Å². The molecule has 0 radical (unpaired) electrons. The third kappa shape index (κ3) is 6.93. The Balaban J connectivity index is 1.75. The lowest BCUT2D eigenvalue weighted by atomic mass is 9.87. The van der Waals surface area contributed by atoms with Crippen LogP contribution < -0.4 is 26.8 Å². The van der Waals surface area contributed by atoms with Gasteiger partial charge in [0.25, 0.3) is 5.89 Å². The van der Waals surface area contributed by atoms with E-state index in [4.69, 9.17) is 15.0 Å². The lowest BCUT2D eigenvalue weighted by Crippen LogP contribution is -2.42. The van der Waals surface area contributed by atoms with Gasteiger partial charge in [-0.15, -0.1) is 0 Å². The summed E-state index contributed by atoms with van der Waals surface area (Å²) in [6.45, 7) is 12.4. The number of nitrogens with one attached hydrogen (secondary N) is 2. The third-order valence-electron chi connectivity index (χ3n) is 5.65. The number of aromatic nitrogens is 2. The molecule has 0 bridgehead atoms. The number of nitrogens with two attached hydrogens (primary N) is 1. The molecule has 1 unspecified atom stereocenters. The van der Waals surface area contributed by atoms with Gasteiger partial charge in [0.05, 0.1) is 19.5 Å². The summed E-state index contributed by atoms with van der Waals surface area (Å²) in [5, 5.41) is 11.3.